The Morgan fingerprint density at radius 3 is 2.44 bits per heavy atom. The number of carbonyl (C=O) groups is 2. The number of hydrogen-bond acceptors (Lipinski definition) is 5. The number of carbonyl (C=O) groups excluding carboxylic acids is 2. The molecule has 1 N–H and O–H groups in total. The standard InChI is InChI=1S/C23H16Cl2N4O4S/c1-12-8-14(13(2)27(12)15-4-3-5-17(10-15)29(32)33)9-18-21(30)26-23(34)28(22(18)31)16-6-7-19(24)20(25)11-16/h3-11H,1-2H3,(H,26,30,34)/b18-9+. The molecule has 172 valence electrons. The smallest absolute Gasteiger partial charge is 0.271 e. The maximum absolute atomic E-state index is 13.3. The second-order valence-corrected chi connectivity index (χ2v) is 8.70. The second-order valence-electron chi connectivity index (χ2n) is 7.50. The third-order valence-electron chi connectivity index (χ3n) is 5.33. The van der Waals surface area contributed by atoms with Gasteiger partial charge in [-0.25, -0.2) is 0 Å². The topological polar surface area (TPSA) is 97.5 Å². The lowest BCUT2D eigenvalue weighted by Crippen LogP contribution is -2.54. The van der Waals surface area contributed by atoms with Gasteiger partial charge in [-0.1, -0.05) is 29.3 Å². The number of nitrogens with zero attached hydrogens (tertiary/aromatic N) is 3. The minimum atomic E-state index is -0.633. The van der Waals surface area contributed by atoms with E-state index >= 15 is 0 Å². The van der Waals surface area contributed by atoms with Crippen molar-refractivity contribution in [1.82, 2.24) is 9.88 Å². The van der Waals surface area contributed by atoms with Crippen molar-refractivity contribution in [1.29, 1.82) is 0 Å². The third kappa shape index (κ3) is 4.21. The number of nitrogens with one attached hydrogen (secondary N) is 1. The van der Waals surface area contributed by atoms with Crippen LogP contribution in [0.5, 0.6) is 0 Å². The molecule has 0 atom stereocenters. The molecule has 8 nitrogen and oxygen atoms in total. The average Bonchev–Trinajstić information content (AvgIpc) is 3.06. The molecular weight excluding hydrogens is 499 g/mol. The Labute approximate surface area is 209 Å². The van der Waals surface area contributed by atoms with E-state index in [1.807, 2.05) is 11.5 Å². The lowest BCUT2D eigenvalue weighted by molar-refractivity contribution is -0.384. The molecule has 1 saturated heterocycles. The second kappa shape index (κ2) is 9.02. The van der Waals surface area contributed by atoms with Crippen molar-refractivity contribution in [2.75, 3.05) is 4.90 Å². The van der Waals surface area contributed by atoms with Crippen LogP contribution in [0, 0.1) is 24.0 Å². The van der Waals surface area contributed by atoms with Crippen LogP contribution in [-0.4, -0.2) is 26.4 Å². The van der Waals surface area contributed by atoms with Gasteiger partial charge in [0.25, 0.3) is 17.5 Å². The Kier molecular flexibility index (Phi) is 6.26. The number of benzene rings is 2. The van der Waals surface area contributed by atoms with E-state index in [2.05, 4.69) is 5.32 Å². The molecule has 4 rings (SSSR count). The SMILES string of the molecule is Cc1cc(/C=C2\C(=O)NC(=S)N(c3ccc(Cl)c(Cl)c3)C2=O)c(C)n1-c1cccc([N+](=O)[O-])c1. The quantitative estimate of drug-likeness (QED) is 0.171. The van der Waals surface area contributed by atoms with Gasteiger partial charge in [-0.2, -0.15) is 0 Å². The lowest BCUT2D eigenvalue weighted by Gasteiger charge is -2.29. The molecule has 3 aromatic rings. The van der Waals surface area contributed by atoms with E-state index in [1.54, 1.807) is 31.2 Å². The van der Waals surface area contributed by atoms with Crippen LogP contribution < -0.4 is 10.2 Å². The number of rotatable bonds is 4. The van der Waals surface area contributed by atoms with Gasteiger partial charge in [0, 0.05) is 23.5 Å². The van der Waals surface area contributed by atoms with E-state index in [0.717, 1.165) is 5.69 Å². The molecule has 0 aliphatic carbocycles. The number of hydrogen-bond donors (Lipinski definition) is 1. The molecule has 1 fully saturated rings. The Hall–Kier alpha value is -3.53. The number of nitro benzene ring substituents is 1. The fourth-order valence-corrected chi connectivity index (χ4v) is 4.32. The van der Waals surface area contributed by atoms with Crippen LogP contribution in [0.2, 0.25) is 10.0 Å². The highest BCUT2D eigenvalue weighted by atomic mass is 35.5. The van der Waals surface area contributed by atoms with Gasteiger partial charge in [0.1, 0.15) is 5.57 Å². The van der Waals surface area contributed by atoms with Crippen LogP contribution in [0.15, 0.2) is 54.1 Å². The molecule has 2 amide bonds. The fourth-order valence-electron chi connectivity index (χ4n) is 3.75. The lowest BCUT2D eigenvalue weighted by atomic mass is 10.1. The summed E-state index contributed by atoms with van der Waals surface area (Å²) in [6.07, 6.45) is 1.47. The number of anilines is 1. The molecule has 0 unspecified atom stereocenters. The molecule has 0 bridgehead atoms. The number of non-ortho nitro benzene ring substituents is 1. The highest BCUT2D eigenvalue weighted by Crippen LogP contribution is 2.30. The normalized spacial score (nSPS) is 15.1. The highest BCUT2D eigenvalue weighted by molar-refractivity contribution is 7.80. The first-order valence-corrected chi connectivity index (χ1v) is 11.0. The van der Waals surface area contributed by atoms with E-state index in [9.17, 15) is 19.7 Å². The first-order valence-electron chi connectivity index (χ1n) is 9.88. The molecule has 1 aliphatic heterocycles. The molecule has 0 spiro atoms. The predicted octanol–water partition coefficient (Wildman–Crippen LogP) is 5.14. The van der Waals surface area contributed by atoms with E-state index in [4.69, 9.17) is 35.4 Å². The fraction of sp³-hybridized carbons (Fsp3) is 0.0870. The van der Waals surface area contributed by atoms with Crippen LogP contribution >= 0.6 is 35.4 Å². The molecule has 0 saturated carbocycles. The van der Waals surface area contributed by atoms with Crippen molar-refractivity contribution >= 4 is 69.8 Å². The predicted molar refractivity (Wildman–Crippen MR) is 135 cm³/mol. The molecule has 1 aromatic heterocycles. The summed E-state index contributed by atoms with van der Waals surface area (Å²) in [5, 5.41) is 14.2. The van der Waals surface area contributed by atoms with Crippen LogP contribution in [-0.2, 0) is 9.59 Å². The van der Waals surface area contributed by atoms with Crippen LogP contribution in [0.3, 0.4) is 0 Å². The zero-order valence-corrected chi connectivity index (χ0v) is 20.2. The molecule has 2 aromatic carbocycles. The molecule has 2 heterocycles. The monoisotopic (exact) mass is 514 g/mol. The first kappa shape index (κ1) is 23.6. The van der Waals surface area contributed by atoms with Gasteiger partial charge in [0.05, 0.1) is 26.3 Å². The average molecular weight is 515 g/mol. The Bertz CT molecular complexity index is 1430. The summed E-state index contributed by atoms with van der Waals surface area (Å²) in [5.74, 6) is -1.25. The highest BCUT2D eigenvalue weighted by Gasteiger charge is 2.35. The molecule has 34 heavy (non-hydrogen) atoms. The zero-order chi connectivity index (χ0) is 24.7. The van der Waals surface area contributed by atoms with Gasteiger partial charge in [-0.3, -0.25) is 29.9 Å². The first-order chi connectivity index (χ1) is 16.1. The summed E-state index contributed by atoms with van der Waals surface area (Å²) in [7, 11) is 0. The minimum Gasteiger partial charge on any atom is -0.318 e. The number of aromatic nitrogens is 1. The Morgan fingerprint density at radius 2 is 1.76 bits per heavy atom. The summed E-state index contributed by atoms with van der Waals surface area (Å²) < 4.78 is 1.81. The summed E-state index contributed by atoms with van der Waals surface area (Å²) >= 11 is 17.3. The third-order valence-corrected chi connectivity index (χ3v) is 6.36. The zero-order valence-electron chi connectivity index (χ0n) is 17.8. The van der Waals surface area contributed by atoms with Gasteiger partial charge in [0.2, 0.25) is 0 Å². The summed E-state index contributed by atoms with van der Waals surface area (Å²) in [6, 6.07) is 12.6. The maximum Gasteiger partial charge on any atom is 0.271 e. The van der Waals surface area contributed by atoms with Crippen molar-refractivity contribution in [2.45, 2.75) is 13.8 Å². The van der Waals surface area contributed by atoms with Crippen molar-refractivity contribution in [3.05, 3.63) is 91.2 Å². The summed E-state index contributed by atoms with van der Waals surface area (Å²) in [5.41, 5.74) is 2.84. The summed E-state index contributed by atoms with van der Waals surface area (Å²) in [6.45, 7) is 3.62. The molecule has 11 heteroatoms. The van der Waals surface area contributed by atoms with Gasteiger partial charge in [-0.15, -0.1) is 0 Å². The van der Waals surface area contributed by atoms with Gasteiger partial charge >= 0.3 is 0 Å². The van der Waals surface area contributed by atoms with Crippen LogP contribution in [0.4, 0.5) is 11.4 Å². The van der Waals surface area contributed by atoms with Crippen LogP contribution in [0.25, 0.3) is 11.8 Å². The van der Waals surface area contributed by atoms with Crippen LogP contribution in [0.1, 0.15) is 17.0 Å². The Morgan fingerprint density at radius 1 is 1.03 bits per heavy atom. The van der Waals surface area contributed by atoms with E-state index in [1.165, 1.54) is 35.2 Å². The molecule has 1 aliphatic rings. The summed E-state index contributed by atoms with van der Waals surface area (Å²) in [4.78, 5) is 37.8. The molecule has 0 radical (unpaired) electrons. The van der Waals surface area contributed by atoms with E-state index in [-0.39, 0.29) is 21.4 Å². The van der Waals surface area contributed by atoms with Gasteiger partial charge < -0.3 is 4.57 Å². The number of nitro groups is 1. The van der Waals surface area contributed by atoms with E-state index in [0.29, 0.717) is 27.7 Å². The number of amides is 2. The minimum absolute atomic E-state index is 0.0440. The largest absolute Gasteiger partial charge is 0.318 e. The van der Waals surface area contributed by atoms with Crippen molar-refractivity contribution in [2.24, 2.45) is 0 Å². The maximum atomic E-state index is 13.3. The van der Waals surface area contributed by atoms with Gasteiger partial charge in [0.15, 0.2) is 5.11 Å². The van der Waals surface area contributed by atoms with Crippen molar-refractivity contribution < 1.29 is 14.5 Å². The van der Waals surface area contributed by atoms with Gasteiger partial charge in [-0.05, 0) is 68.0 Å². The Balaban J connectivity index is 1.77. The van der Waals surface area contributed by atoms with Crippen molar-refractivity contribution in [3.8, 4) is 5.69 Å². The molecular formula is C23H16Cl2N4O4S. The van der Waals surface area contributed by atoms with E-state index < -0.39 is 16.7 Å². The number of thiocarbonyl (C=S) groups is 1. The van der Waals surface area contributed by atoms with Crippen molar-refractivity contribution in [3.63, 3.8) is 0 Å². The number of halogens is 2. The number of aryl methyl sites for hydroxylation is 1.